The van der Waals surface area contributed by atoms with Crippen molar-refractivity contribution in [1.29, 1.82) is 0 Å². The van der Waals surface area contributed by atoms with E-state index in [0.29, 0.717) is 28.2 Å². The molecule has 0 aliphatic carbocycles. The van der Waals surface area contributed by atoms with Crippen molar-refractivity contribution >= 4 is 10.9 Å². The number of furan rings is 1. The first-order valence-corrected chi connectivity index (χ1v) is 9.19. The van der Waals surface area contributed by atoms with Crippen molar-refractivity contribution in [2.24, 2.45) is 0 Å². The van der Waals surface area contributed by atoms with Gasteiger partial charge in [0.25, 0.3) is 5.56 Å². The summed E-state index contributed by atoms with van der Waals surface area (Å²) in [6.45, 7) is 1.86. The molecule has 0 spiro atoms. The maximum atomic E-state index is 12.7. The number of aryl methyl sites for hydroxylation is 1. The SMILES string of the molecule is Cc1[nH]c(-c2ccccc2Oc2ccccc2)c2nc(-c3ccco3)[nH]c(=O)c12. The molecule has 0 saturated carbocycles. The van der Waals surface area contributed by atoms with Gasteiger partial charge in [0.1, 0.15) is 17.0 Å². The van der Waals surface area contributed by atoms with E-state index < -0.39 is 0 Å². The third-order valence-electron chi connectivity index (χ3n) is 4.73. The van der Waals surface area contributed by atoms with Crippen LogP contribution in [0, 0.1) is 6.92 Å². The molecule has 0 atom stereocenters. The lowest BCUT2D eigenvalue weighted by molar-refractivity contribution is 0.484. The van der Waals surface area contributed by atoms with E-state index in [1.54, 1.807) is 18.4 Å². The molecule has 6 heteroatoms. The minimum absolute atomic E-state index is 0.220. The second-order valence-electron chi connectivity index (χ2n) is 6.65. The number of fused-ring (bicyclic) bond motifs is 1. The highest BCUT2D eigenvalue weighted by Gasteiger charge is 2.19. The Bertz CT molecular complexity index is 1350. The summed E-state index contributed by atoms with van der Waals surface area (Å²) in [4.78, 5) is 23.6. The Labute approximate surface area is 165 Å². The molecule has 0 amide bonds. The van der Waals surface area contributed by atoms with E-state index in [2.05, 4.69) is 15.0 Å². The van der Waals surface area contributed by atoms with Crippen LogP contribution in [0.25, 0.3) is 33.7 Å². The Balaban J connectivity index is 1.71. The van der Waals surface area contributed by atoms with Gasteiger partial charge >= 0.3 is 0 Å². The second kappa shape index (κ2) is 6.83. The summed E-state index contributed by atoms with van der Waals surface area (Å²) in [5.74, 6) is 2.29. The van der Waals surface area contributed by atoms with Gasteiger partial charge in [-0.25, -0.2) is 4.98 Å². The van der Waals surface area contributed by atoms with E-state index in [4.69, 9.17) is 9.15 Å². The molecule has 0 bridgehead atoms. The van der Waals surface area contributed by atoms with Crippen LogP contribution in [0.4, 0.5) is 0 Å². The molecule has 3 aromatic heterocycles. The van der Waals surface area contributed by atoms with Crippen LogP contribution in [-0.4, -0.2) is 15.0 Å². The van der Waals surface area contributed by atoms with Gasteiger partial charge in [0.05, 0.1) is 17.3 Å². The quantitative estimate of drug-likeness (QED) is 0.442. The Morgan fingerprint density at radius 2 is 1.72 bits per heavy atom. The van der Waals surface area contributed by atoms with Crippen molar-refractivity contribution in [3.63, 3.8) is 0 Å². The highest BCUT2D eigenvalue weighted by molar-refractivity contribution is 5.96. The summed E-state index contributed by atoms with van der Waals surface area (Å²) in [6, 6.07) is 20.8. The first-order valence-electron chi connectivity index (χ1n) is 9.19. The number of aromatic nitrogens is 3. The number of ether oxygens (including phenoxy) is 1. The zero-order valence-corrected chi connectivity index (χ0v) is 15.6. The second-order valence-corrected chi connectivity index (χ2v) is 6.65. The number of aromatic amines is 2. The van der Waals surface area contributed by atoms with Gasteiger partial charge in [0.15, 0.2) is 11.6 Å². The zero-order valence-electron chi connectivity index (χ0n) is 15.6. The molecule has 2 N–H and O–H groups in total. The lowest BCUT2D eigenvalue weighted by Gasteiger charge is -2.10. The summed E-state index contributed by atoms with van der Waals surface area (Å²) >= 11 is 0. The zero-order chi connectivity index (χ0) is 19.8. The van der Waals surface area contributed by atoms with E-state index in [0.717, 1.165) is 22.7 Å². The van der Waals surface area contributed by atoms with Crippen LogP contribution < -0.4 is 10.3 Å². The summed E-state index contributed by atoms with van der Waals surface area (Å²) in [6.07, 6.45) is 1.55. The first kappa shape index (κ1) is 17.1. The minimum atomic E-state index is -0.220. The molecule has 3 heterocycles. The van der Waals surface area contributed by atoms with Crippen molar-refractivity contribution < 1.29 is 9.15 Å². The largest absolute Gasteiger partial charge is 0.461 e. The molecule has 0 radical (unpaired) electrons. The van der Waals surface area contributed by atoms with Crippen molar-refractivity contribution in [1.82, 2.24) is 15.0 Å². The van der Waals surface area contributed by atoms with Crippen LogP contribution in [0.2, 0.25) is 0 Å². The predicted octanol–water partition coefficient (Wildman–Crippen LogP) is 5.28. The van der Waals surface area contributed by atoms with Gasteiger partial charge in [-0.05, 0) is 43.3 Å². The predicted molar refractivity (Wildman–Crippen MR) is 111 cm³/mol. The highest BCUT2D eigenvalue weighted by Crippen LogP contribution is 2.36. The van der Waals surface area contributed by atoms with Crippen LogP contribution in [-0.2, 0) is 0 Å². The number of hydrogen-bond acceptors (Lipinski definition) is 4. The molecule has 0 fully saturated rings. The number of benzene rings is 2. The van der Waals surface area contributed by atoms with Crippen LogP contribution in [0.5, 0.6) is 11.5 Å². The molecular weight excluding hydrogens is 366 g/mol. The van der Waals surface area contributed by atoms with Crippen molar-refractivity contribution in [2.45, 2.75) is 6.92 Å². The maximum Gasteiger partial charge on any atom is 0.260 e. The van der Waals surface area contributed by atoms with E-state index in [1.165, 1.54) is 0 Å². The lowest BCUT2D eigenvalue weighted by Crippen LogP contribution is -2.09. The fourth-order valence-electron chi connectivity index (χ4n) is 3.41. The topological polar surface area (TPSA) is 83.9 Å². The Morgan fingerprint density at radius 1 is 0.931 bits per heavy atom. The van der Waals surface area contributed by atoms with E-state index in [9.17, 15) is 4.79 Å². The van der Waals surface area contributed by atoms with Crippen LogP contribution in [0.3, 0.4) is 0 Å². The Morgan fingerprint density at radius 3 is 2.52 bits per heavy atom. The molecule has 6 nitrogen and oxygen atoms in total. The van der Waals surface area contributed by atoms with Crippen LogP contribution >= 0.6 is 0 Å². The molecule has 0 saturated heterocycles. The number of hydrogen-bond donors (Lipinski definition) is 2. The molecule has 5 rings (SSSR count). The summed E-state index contributed by atoms with van der Waals surface area (Å²) in [5, 5.41) is 0.518. The van der Waals surface area contributed by atoms with Crippen molar-refractivity contribution in [3.8, 4) is 34.3 Å². The fourth-order valence-corrected chi connectivity index (χ4v) is 3.41. The Hall–Kier alpha value is -4.06. The summed E-state index contributed by atoms with van der Waals surface area (Å²) in [7, 11) is 0. The number of H-pyrrole nitrogens is 2. The van der Waals surface area contributed by atoms with Gasteiger partial charge in [0, 0.05) is 11.3 Å². The van der Waals surface area contributed by atoms with Crippen molar-refractivity contribution in [2.75, 3.05) is 0 Å². The number of para-hydroxylation sites is 2. The van der Waals surface area contributed by atoms with E-state index in [-0.39, 0.29) is 5.56 Å². The third-order valence-corrected chi connectivity index (χ3v) is 4.73. The molecule has 0 unspecified atom stereocenters. The van der Waals surface area contributed by atoms with E-state index >= 15 is 0 Å². The normalized spacial score (nSPS) is 11.1. The fraction of sp³-hybridized carbons (Fsp3) is 0.0435. The third kappa shape index (κ3) is 3.00. The molecule has 2 aromatic carbocycles. The van der Waals surface area contributed by atoms with Gasteiger partial charge in [-0.3, -0.25) is 4.79 Å². The molecule has 0 aliphatic heterocycles. The average molecular weight is 383 g/mol. The van der Waals surface area contributed by atoms with Gasteiger partial charge in [-0.15, -0.1) is 0 Å². The van der Waals surface area contributed by atoms with Gasteiger partial charge < -0.3 is 19.1 Å². The van der Waals surface area contributed by atoms with Gasteiger partial charge in [-0.2, -0.15) is 0 Å². The van der Waals surface area contributed by atoms with Crippen LogP contribution in [0.1, 0.15) is 5.69 Å². The minimum Gasteiger partial charge on any atom is -0.461 e. The average Bonchev–Trinajstić information content (AvgIpc) is 3.38. The van der Waals surface area contributed by atoms with E-state index in [1.807, 2.05) is 61.5 Å². The Kier molecular flexibility index (Phi) is 4.02. The number of nitrogens with zero attached hydrogens (tertiary/aromatic N) is 1. The first-order chi connectivity index (χ1) is 14.2. The van der Waals surface area contributed by atoms with Crippen LogP contribution in [0.15, 0.2) is 82.2 Å². The maximum absolute atomic E-state index is 12.7. The number of nitrogens with one attached hydrogen (secondary N) is 2. The summed E-state index contributed by atoms with van der Waals surface area (Å²) in [5.41, 5.74) is 2.63. The molecule has 0 aliphatic rings. The highest BCUT2D eigenvalue weighted by atomic mass is 16.5. The van der Waals surface area contributed by atoms with Gasteiger partial charge in [0.2, 0.25) is 0 Å². The molecule has 29 heavy (non-hydrogen) atoms. The van der Waals surface area contributed by atoms with Crippen molar-refractivity contribution in [3.05, 3.63) is 89.0 Å². The standard InChI is InChI=1S/C23H17N3O3/c1-14-19-21(25-22(26-23(19)27)18-12-7-13-28-18)20(24-14)16-10-5-6-11-17(16)29-15-8-3-2-4-9-15/h2-13,24H,1H3,(H,25,26,27). The molecule has 142 valence electrons. The monoisotopic (exact) mass is 383 g/mol. The summed E-state index contributed by atoms with van der Waals surface area (Å²) < 4.78 is 11.5. The van der Waals surface area contributed by atoms with Gasteiger partial charge in [-0.1, -0.05) is 30.3 Å². The number of rotatable bonds is 4. The lowest BCUT2D eigenvalue weighted by atomic mass is 10.1. The molecular formula is C23H17N3O3. The molecule has 5 aromatic rings. The smallest absolute Gasteiger partial charge is 0.260 e.